The summed E-state index contributed by atoms with van der Waals surface area (Å²) in [5.74, 6) is 0.990. The number of pyridine rings is 1. The van der Waals surface area contributed by atoms with E-state index in [0.29, 0.717) is 23.2 Å². The molecule has 0 amide bonds. The van der Waals surface area contributed by atoms with Crippen molar-refractivity contribution >= 4 is 43.5 Å². The number of halogens is 3. The topological polar surface area (TPSA) is 48.1 Å². The van der Waals surface area contributed by atoms with Crippen molar-refractivity contribution in [1.82, 2.24) is 4.98 Å². The maximum atomic E-state index is 6.15. The molecule has 0 saturated carbocycles. The van der Waals surface area contributed by atoms with Crippen LogP contribution in [0.4, 0.5) is 0 Å². The van der Waals surface area contributed by atoms with Gasteiger partial charge < -0.3 is 10.5 Å². The van der Waals surface area contributed by atoms with Crippen molar-refractivity contribution in [2.75, 3.05) is 0 Å². The van der Waals surface area contributed by atoms with Crippen molar-refractivity contribution in [3.63, 3.8) is 0 Å². The zero-order valence-electron chi connectivity index (χ0n) is 9.16. The summed E-state index contributed by atoms with van der Waals surface area (Å²) in [6.07, 6.45) is 1.62. The highest BCUT2D eigenvalue weighted by molar-refractivity contribution is 9.11. The van der Waals surface area contributed by atoms with Crippen molar-refractivity contribution in [1.29, 1.82) is 0 Å². The number of nitrogens with zero attached hydrogens (tertiary/aromatic N) is 1. The zero-order valence-corrected chi connectivity index (χ0v) is 13.1. The van der Waals surface area contributed by atoms with E-state index in [0.717, 1.165) is 14.5 Å². The lowest BCUT2D eigenvalue weighted by molar-refractivity contribution is 0.459. The minimum Gasteiger partial charge on any atom is -0.436 e. The Bertz CT molecular complexity index is 578. The normalized spacial score (nSPS) is 10.4. The van der Waals surface area contributed by atoms with E-state index < -0.39 is 0 Å². The molecule has 2 aromatic rings. The first-order chi connectivity index (χ1) is 8.61. The summed E-state index contributed by atoms with van der Waals surface area (Å²) in [4.78, 5) is 4.10. The predicted molar refractivity (Wildman–Crippen MR) is 79.1 cm³/mol. The van der Waals surface area contributed by atoms with Crippen LogP contribution in [0.3, 0.4) is 0 Å². The van der Waals surface area contributed by atoms with E-state index in [1.54, 1.807) is 12.3 Å². The molecule has 1 heterocycles. The van der Waals surface area contributed by atoms with Crippen LogP contribution in [0.2, 0.25) is 5.02 Å². The molecule has 0 bridgehead atoms. The van der Waals surface area contributed by atoms with Gasteiger partial charge in [-0.1, -0.05) is 27.5 Å². The monoisotopic (exact) mass is 390 g/mol. The van der Waals surface area contributed by atoms with E-state index in [1.165, 1.54) is 0 Å². The van der Waals surface area contributed by atoms with Gasteiger partial charge in [0.15, 0.2) is 0 Å². The maximum Gasteiger partial charge on any atom is 0.238 e. The van der Waals surface area contributed by atoms with Crippen LogP contribution in [-0.4, -0.2) is 4.98 Å². The number of rotatable bonds is 3. The minimum absolute atomic E-state index is 0.346. The van der Waals surface area contributed by atoms with Crippen LogP contribution in [0.25, 0.3) is 0 Å². The van der Waals surface area contributed by atoms with Crippen LogP contribution in [0.15, 0.2) is 39.4 Å². The Labute approximate surface area is 127 Å². The van der Waals surface area contributed by atoms with Gasteiger partial charge in [0.2, 0.25) is 5.88 Å². The van der Waals surface area contributed by atoms with Gasteiger partial charge in [-0.05, 0) is 45.8 Å². The van der Waals surface area contributed by atoms with E-state index in [2.05, 4.69) is 36.8 Å². The number of benzene rings is 1. The smallest absolute Gasteiger partial charge is 0.238 e. The van der Waals surface area contributed by atoms with E-state index in [9.17, 15) is 0 Å². The highest BCUT2D eigenvalue weighted by Gasteiger charge is 2.10. The Balaban J connectivity index is 2.34. The molecule has 0 aliphatic heterocycles. The predicted octanol–water partition coefficient (Wildman–Crippen LogP) is 4.51. The summed E-state index contributed by atoms with van der Waals surface area (Å²) in [5, 5.41) is 0.440. The summed E-state index contributed by atoms with van der Waals surface area (Å²) >= 11 is 12.9. The molecule has 2 N–H and O–H groups in total. The summed E-state index contributed by atoms with van der Waals surface area (Å²) in [6.45, 7) is 0.346. The fraction of sp³-hybridized carbons (Fsp3) is 0.0833. The average Bonchev–Trinajstić information content (AvgIpc) is 2.35. The summed E-state index contributed by atoms with van der Waals surface area (Å²) in [5.41, 5.74) is 6.38. The Morgan fingerprint density at radius 1 is 1.28 bits per heavy atom. The van der Waals surface area contributed by atoms with Crippen LogP contribution in [0.5, 0.6) is 11.6 Å². The van der Waals surface area contributed by atoms with Gasteiger partial charge in [0.05, 0.1) is 4.47 Å². The Kier molecular flexibility index (Phi) is 4.61. The first-order valence-electron chi connectivity index (χ1n) is 5.08. The summed E-state index contributed by atoms with van der Waals surface area (Å²) in [7, 11) is 0. The Morgan fingerprint density at radius 3 is 2.72 bits per heavy atom. The Morgan fingerprint density at radius 2 is 2.06 bits per heavy atom. The zero-order chi connectivity index (χ0) is 13.1. The number of nitrogens with two attached hydrogens (primary N) is 1. The van der Waals surface area contributed by atoms with Gasteiger partial charge in [0.25, 0.3) is 0 Å². The van der Waals surface area contributed by atoms with Gasteiger partial charge >= 0.3 is 0 Å². The first-order valence-corrected chi connectivity index (χ1v) is 7.04. The van der Waals surface area contributed by atoms with Gasteiger partial charge in [-0.3, -0.25) is 0 Å². The SMILES string of the molecule is NCc1ccnc(Oc2ccc(Br)cc2Br)c1Cl. The highest BCUT2D eigenvalue weighted by atomic mass is 79.9. The fourth-order valence-corrected chi connectivity index (χ4v) is 2.71. The van der Waals surface area contributed by atoms with Gasteiger partial charge in [0.1, 0.15) is 10.8 Å². The molecule has 1 aromatic heterocycles. The van der Waals surface area contributed by atoms with Gasteiger partial charge in [-0.15, -0.1) is 0 Å². The molecule has 3 nitrogen and oxygen atoms in total. The van der Waals surface area contributed by atoms with Crippen molar-refractivity contribution in [2.24, 2.45) is 5.73 Å². The molecule has 0 radical (unpaired) electrons. The number of ether oxygens (including phenoxy) is 1. The third-order valence-corrected chi connectivity index (χ3v) is 3.78. The molecule has 6 heteroatoms. The molecule has 0 fully saturated rings. The lowest BCUT2D eigenvalue weighted by Gasteiger charge is -2.10. The average molecular weight is 392 g/mol. The van der Waals surface area contributed by atoms with E-state index in [4.69, 9.17) is 22.1 Å². The fourth-order valence-electron chi connectivity index (χ4n) is 1.35. The van der Waals surface area contributed by atoms with E-state index in [1.807, 2.05) is 18.2 Å². The van der Waals surface area contributed by atoms with E-state index in [-0.39, 0.29) is 0 Å². The van der Waals surface area contributed by atoms with Crippen LogP contribution >= 0.6 is 43.5 Å². The van der Waals surface area contributed by atoms with Gasteiger partial charge in [-0.25, -0.2) is 4.98 Å². The van der Waals surface area contributed by atoms with Crippen molar-refractivity contribution in [3.05, 3.63) is 50.0 Å². The first kappa shape index (κ1) is 13.8. The third kappa shape index (κ3) is 3.03. The molecule has 0 aliphatic rings. The van der Waals surface area contributed by atoms with Gasteiger partial charge in [0, 0.05) is 17.2 Å². The molecule has 0 unspecified atom stereocenters. The lowest BCUT2D eigenvalue weighted by Crippen LogP contribution is -1.99. The molecule has 0 spiro atoms. The lowest BCUT2D eigenvalue weighted by atomic mass is 10.2. The number of hydrogen-bond donors (Lipinski definition) is 1. The largest absolute Gasteiger partial charge is 0.436 e. The molecule has 2 rings (SSSR count). The number of hydrogen-bond acceptors (Lipinski definition) is 3. The molecule has 1 aromatic carbocycles. The van der Waals surface area contributed by atoms with Crippen LogP contribution < -0.4 is 10.5 Å². The third-order valence-electron chi connectivity index (χ3n) is 2.26. The van der Waals surface area contributed by atoms with E-state index >= 15 is 0 Å². The van der Waals surface area contributed by atoms with Crippen LogP contribution in [0.1, 0.15) is 5.56 Å². The minimum atomic E-state index is 0.346. The quantitative estimate of drug-likeness (QED) is 0.836. The molecular formula is C12H9Br2ClN2O. The highest BCUT2D eigenvalue weighted by Crippen LogP contribution is 2.34. The standard InChI is InChI=1S/C12H9Br2ClN2O/c13-8-1-2-10(9(14)5-8)18-12-11(15)7(6-16)3-4-17-12/h1-5H,6,16H2. The molecule has 94 valence electrons. The molecular weight excluding hydrogens is 383 g/mol. The molecule has 0 atom stereocenters. The molecule has 0 saturated heterocycles. The van der Waals surface area contributed by atoms with Crippen LogP contribution in [-0.2, 0) is 6.54 Å². The second kappa shape index (κ2) is 6.02. The van der Waals surface area contributed by atoms with Crippen LogP contribution in [0, 0.1) is 0 Å². The van der Waals surface area contributed by atoms with Gasteiger partial charge in [-0.2, -0.15) is 0 Å². The second-order valence-electron chi connectivity index (χ2n) is 3.47. The van der Waals surface area contributed by atoms with Crippen molar-refractivity contribution in [3.8, 4) is 11.6 Å². The Hall–Kier alpha value is -0.620. The maximum absolute atomic E-state index is 6.15. The summed E-state index contributed by atoms with van der Waals surface area (Å²) < 4.78 is 7.44. The second-order valence-corrected chi connectivity index (χ2v) is 5.62. The number of aromatic nitrogens is 1. The van der Waals surface area contributed by atoms with Crippen molar-refractivity contribution in [2.45, 2.75) is 6.54 Å². The van der Waals surface area contributed by atoms with Crippen molar-refractivity contribution < 1.29 is 4.74 Å². The summed E-state index contributed by atoms with van der Waals surface area (Å²) in [6, 6.07) is 7.35. The molecule has 18 heavy (non-hydrogen) atoms. The molecule has 0 aliphatic carbocycles.